The zero-order valence-electron chi connectivity index (χ0n) is 8.15. The summed E-state index contributed by atoms with van der Waals surface area (Å²) in [7, 11) is 0. The number of benzene rings is 1. The number of rotatable bonds is 2. The van der Waals surface area contributed by atoms with Gasteiger partial charge in [-0.25, -0.2) is 4.98 Å². The van der Waals surface area contributed by atoms with E-state index in [2.05, 4.69) is 20.9 Å². The number of nitrogens with zero attached hydrogens (tertiary/aromatic N) is 1. The summed E-state index contributed by atoms with van der Waals surface area (Å²) in [6.45, 7) is 0. The molecular weight excluding hydrogens is 252 g/mol. The van der Waals surface area contributed by atoms with Crippen molar-refractivity contribution in [2.24, 2.45) is 0 Å². The average molecular weight is 263 g/mol. The maximum Gasteiger partial charge on any atom is 0.131 e. The molecule has 0 atom stereocenters. The molecule has 76 valence electrons. The normalized spacial score (nSPS) is 10.2. The molecule has 3 heteroatoms. The number of hydrogen-bond acceptors (Lipinski definition) is 2. The van der Waals surface area contributed by atoms with Crippen LogP contribution in [0.5, 0.6) is 0 Å². The Morgan fingerprint density at radius 3 is 2.40 bits per heavy atom. The highest BCUT2D eigenvalue weighted by molar-refractivity contribution is 9.08. The maximum atomic E-state index is 5.90. The summed E-state index contributed by atoms with van der Waals surface area (Å²) in [5, 5.41) is 0.728. The van der Waals surface area contributed by atoms with Gasteiger partial charge in [0, 0.05) is 10.9 Å². The molecule has 2 N–H and O–H groups in total. The van der Waals surface area contributed by atoms with Crippen LogP contribution in [0.15, 0.2) is 42.5 Å². The molecule has 0 bridgehead atoms. The lowest BCUT2D eigenvalue weighted by atomic mass is 10.1. The minimum absolute atomic E-state index is 0.582. The molecule has 0 unspecified atom stereocenters. The van der Waals surface area contributed by atoms with Crippen LogP contribution in [0.2, 0.25) is 0 Å². The largest absolute Gasteiger partial charge is 0.383 e. The van der Waals surface area contributed by atoms with E-state index in [9.17, 15) is 0 Å². The summed E-state index contributed by atoms with van der Waals surface area (Å²) >= 11 is 3.35. The standard InChI is InChI=1S/C12H11BrN2/c13-8-10-6-7-11(12(14)15-10)9-4-2-1-3-5-9/h1-7H,8H2,(H2,14,15). The van der Waals surface area contributed by atoms with Crippen molar-refractivity contribution < 1.29 is 0 Å². The fraction of sp³-hybridized carbons (Fsp3) is 0.0833. The second-order valence-electron chi connectivity index (χ2n) is 3.24. The van der Waals surface area contributed by atoms with Gasteiger partial charge in [-0.3, -0.25) is 0 Å². The van der Waals surface area contributed by atoms with E-state index in [1.165, 1.54) is 0 Å². The number of aromatic nitrogens is 1. The molecule has 1 heterocycles. The second-order valence-corrected chi connectivity index (χ2v) is 3.80. The van der Waals surface area contributed by atoms with Crippen LogP contribution in [0.1, 0.15) is 5.69 Å². The molecule has 0 saturated heterocycles. The van der Waals surface area contributed by atoms with Crippen molar-refractivity contribution in [1.29, 1.82) is 0 Å². The molecule has 2 nitrogen and oxygen atoms in total. The molecule has 0 radical (unpaired) electrons. The monoisotopic (exact) mass is 262 g/mol. The first kappa shape index (κ1) is 10.2. The van der Waals surface area contributed by atoms with Crippen LogP contribution in [0.4, 0.5) is 5.82 Å². The molecule has 0 amide bonds. The number of halogens is 1. The van der Waals surface area contributed by atoms with Crippen LogP contribution in [0.25, 0.3) is 11.1 Å². The summed E-state index contributed by atoms with van der Waals surface area (Å²) in [6.07, 6.45) is 0. The minimum atomic E-state index is 0.582. The van der Waals surface area contributed by atoms with Crippen molar-refractivity contribution in [2.45, 2.75) is 5.33 Å². The van der Waals surface area contributed by atoms with E-state index in [0.29, 0.717) is 5.82 Å². The zero-order valence-corrected chi connectivity index (χ0v) is 9.74. The topological polar surface area (TPSA) is 38.9 Å². The van der Waals surface area contributed by atoms with Crippen LogP contribution in [-0.4, -0.2) is 4.98 Å². The van der Waals surface area contributed by atoms with Gasteiger partial charge in [0.05, 0.1) is 5.69 Å². The predicted octanol–water partition coefficient (Wildman–Crippen LogP) is 3.23. The highest BCUT2D eigenvalue weighted by Gasteiger charge is 2.03. The molecule has 2 aromatic rings. The molecule has 0 aliphatic carbocycles. The van der Waals surface area contributed by atoms with Gasteiger partial charge < -0.3 is 5.73 Å². The number of pyridine rings is 1. The maximum absolute atomic E-state index is 5.90. The molecule has 0 spiro atoms. The van der Waals surface area contributed by atoms with Gasteiger partial charge >= 0.3 is 0 Å². The highest BCUT2D eigenvalue weighted by atomic mass is 79.9. The van der Waals surface area contributed by atoms with Crippen LogP contribution in [0.3, 0.4) is 0 Å². The number of hydrogen-bond donors (Lipinski definition) is 1. The molecular formula is C12H11BrN2. The molecule has 1 aromatic carbocycles. The first-order valence-corrected chi connectivity index (χ1v) is 5.80. The van der Waals surface area contributed by atoms with Gasteiger partial charge in [0.25, 0.3) is 0 Å². The fourth-order valence-electron chi connectivity index (χ4n) is 1.45. The summed E-state index contributed by atoms with van der Waals surface area (Å²) in [4.78, 5) is 4.30. The van der Waals surface area contributed by atoms with E-state index in [1.54, 1.807) is 0 Å². The van der Waals surface area contributed by atoms with Gasteiger partial charge in [0.1, 0.15) is 5.82 Å². The van der Waals surface area contributed by atoms with Gasteiger partial charge in [-0.15, -0.1) is 0 Å². The van der Waals surface area contributed by atoms with Gasteiger partial charge in [-0.2, -0.15) is 0 Å². The van der Waals surface area contributed by atoms with E-state index in [1.807, 2.05) is 42.5 Å². The third-order valence-corrected chi connectivity index (χ3v) is 2.78. The summed E-state index contributed by atoms with van der Waals surface area (Å²) in [5.41, 5.74) is 8.94. The van der Waals surface area contributed by atoms with E-state index in [0.717, 1.165) is 22.2 Å². The third-order valence-electron chi connectivity index (χ3n) is 2.20. The Morgan fingerprint density at radius 2 is 1.80 bits per heavy atom. The Morgan fingerprint density at radius 1 is 1.07 bits per heavy atom. The number of anilines is 1. The van der Waals surface area contributed by atoms with Gasteiger partial charge in [-0.05, 0) is 17.7 Å². The molecule has 0 fully saturated rings. The van der Waals surface area contributed by atoms with Crippen LogP contribution in [0, 0.1) is 0 Å². The van der Waals surface area contributed by atoms with E-state index in [-0.39, 0.29) is 0 Å². The number of alkyl halides is 1. The van der Waals surface area contributed by atoms with Gasteiger partial charge in [0.2, 0.25) is 0 Å². The van der Waals surface area contributed by atoms with Gasteiger partial charge in [0.15, 0.2) is 0 Å². The lowest BCUT2D eigenvalue weighted by molar-refractivity contribution is 1.20. The molecule has 0 saturated carbocycles. The molecule has 0 aliphatic heterocycles. The van der Waals surface area contributed by atoms with Crippen molar-refractivity contribution in [3.8, 4) is 11.1 Å². The Balaban J connectivity index is 2.46. The van der Waals surface area contributed by atoms with Crippen molar-refractivity contribution in [2.75, 3.05) is 5.73 Å². The Bertz CT molecular complexity index is 454. The number of nitrogens with two attached hydrogens (primary N) is 1. The third kappa shape index (κ3) is 2.18. The van der Waals surface area contributed by atoms with E-state index < -0.39 is 0 Å². The Kier molecular flexibility index (Phi) is 3.02. The van der Waals surface area contributed by atoms with Crippen molar-refractivity contribution >= 4 is 21.7 Å². The van der Waals surface area contributed by atoms with Crippen molar-refractivity contribution in [3.05, 3.63) is 48.2 Å². The van der Waals surface area contributed by atoms with Crippen LogP contribution >= 0.6 is 15.9 Å². The zero-order chi connectivity index (χ0) is 10.7. The number of nitrogen functional groups attached to an aromatic ring is 1. The smallest absolute Gasteiger partial charge is 0.131 e. The SMILES string of the molecule is Nc1nc(CBr)ccc1-c1ccccc1. The lowest BCUT2D eigenvalue weighted by Gasteiger charge is -2.05. The van der Waals surface area contributed by atoms with Crippen LogP contribution in [-0.2, 0) is 5.33 Å². The first-order valence-electron chi connectivity index (χ1n) is 4.68. The molecule has 15 heavy (non-hydrogen) atoms. The van der Waals surface area contributed by atoms with Crippen molar-refractivity contribution in [3.63, 3.8) is 0 Å². The molecule has 1 aromatic heterocycles. The van der Waals surface area contributed by atoms with E-state index >= 15 is 0 Å². The minimum Gasteiger partial charge on any atom is -0.383 e. The lowest BCUT2D eigenvalue weighted by Crippen LogP contribution is -1.96. The van der Waals surface area contributed by atoms with Crippen LogP contribution < -0.4 is 5.73 Å². The molecule has 0 aliphatic rings. The van der Waals surface area contributed by atoms with E-state index in [4.69, 9.17) is 5.73 Å². The Hall–Kier alpha value is -1.35. The first-order chi connectivity index (χ1) is 7.31. The van der Waals surface area contributed by atoms with Crippen molar-refractivity contribution in [1.82, 2.24) is 4.98 Å². The quantitative estimate of drug-likeness (QED) is 0.845. The summed E-state index contributed by atoms with van der Waals surface area (Å²) in [5.74, 6) is 0.582. The fourth-order valence-corrected chi connectivity index (χ4v) is 1.77. The second kappa shape index (κ2) is 4.45. The average Bonchev–Trinajstić information content (AvgIpc) is 2.30. The predicted molar refractivity (Wildman–Crippen MR) is 66.7 cm³/mol. The summed E-state index contributed by atoms with van der Waals surface area (Å²) in [6, 6.07) is 14.0. The van der Waals surface area contributed by atoms with Gasteiger partial charge in [-0.1, -0.05) is 46.3 Å². The molecule has 2 rings (SSSR count). The summed E-state index contributed by atoms with van der Waals surface area (Å²) < 4.78 is 0. The Labute approximate surface area is 97.3 Å². The highest BCUT2D eigenvalue weighted by Crippen LogP contribution is 2.24.